The van der Waals surface area contributed by atoms with Gasteiger partial charge in [0.15, 0.2) is 0 Å². The van der Waals surface area contributed by atoms with E-state index in [4.69, 9.17) is 14.2 Å². The number of thiol groups is 1. The largest absolute Gasteiger partial charge is 0.497 e. The first-order valence-corrected chi connectivity index (χ1v) is 5.89. The minimum absolute atomic E-state index is 0.585. The average Bonchev–Trinajstić information content (AvgIpc) is 2.34. The molecule has 0 spiro atoms. The molecule has 0 N–H and O–H groups in total. The van der Waals surface area contributed by atoms with Gasteiger partial charge < -0.3 is 14.2 Å². The molecule has 0 saturated heterocycles. The van der Waals surface area contributed by atoms with Crippen molar-refractivity contribution in [2.24, 2.45) is 0 Å². The molecular weight excluding hydrogens is 224 g/mol. The van der Waals surface area contributed by atoms with E-state index >= 15 is 0 Å². The van der Waals surface area contributed by atoms with E-state index in [0.717, 1.165) is 17.1 Å². The Bertz CT molecular complexity index is 291. The van der Waals surface area contributed by atoms with Gasteiger partial charge in [-0.1, -0.05) is 12.1 Å². The van der Waals surface area contributed by atoms with Crippen molar-refractivity contribution >= 4 is 12.6 Å². The maximum atomic E-state index is 5.46. The first-order valence-electron chi connectivity index (χ1n) is 5.26. The third-order valence-electron chi connectivity index (χ3n) is 2.01. The van der Waals surface area contributed by atoms with Crippen LogP contribution in [0.1, 0.15) is 5.56 Å². The van der Waals surface area contributed by atoms with Gasteiger partial charge in [0, 0.05) is 5.75 Å². The van der Waals surface area contributed by atoms with Crippen molar-refractivity contribution in [3.05, 3.63) is 29.8 Å². The van der Waals surface area contributed by atoms with Crippen molar-refractivity contribution in [2.45, 2.75) is 6.61 Å². The first-order chi connectivity index (χ1) is 7.86. The topological polar surface area (TPSA) is 27.7 Å². The van der Waals surface area contributed by atoms with Crippen LogP contribution in [0.15, 0.2) is 24.3 Å². The van der Waals surface area contributed by atoms with Crippen molar-refractivity contribution in [2.75, 3.05) is 32.7 Å². The summed E-state index contributed by atoms with van der Waals surface area (Å²) in [5.74, 6) is 1.60. The van der Waals surface area contributed by atoms with E-state index in [1.54, 1.807) is 7.11 Å². The average molecular weight is 242 g/mol. The summed E-state index contributed by atoms with van der Waals surface area (Å²) < 4.78 is 15.8. The molecular formula is C12H18O3S. The Kier molecular flexibility index (Phi) is 7.05. The summed E-state index contributed by atoms with van der Waals surface area (Å²) in [5.41, 5.74) is 1.11. The molecule has 1 aromatic carbocycles. The van der Waals surface area contributed by atoms with Gasteiger partial charge in [-0.15, -0.1) is 0 Å². The predicted octanol–water partition coefficient (Wildman–Crippen LogP) is 2.16. The molecule has 0 bridgehead atoms. The lowest BCUT2D eigenvalue weighted by Gasteiger charge is -2.06. The van der Waals surface area contributed by atoms with E-state index in [-0.39, 0.29) is 0 Å². The summed E-state index contributed by atoms with van der Waals surface area (Å²) in [6, 6.07) is 7.85. The Morgan fingerprint density at radius 3 is 2.69 bits per heavy atom. The number of benzene rings is 1. The van der Waals surface area contributed by atoms with Crippen LogP contribution in [0.25, 0.3) is 0 Å². The van der Waals surface area contributed by atoms with Gasteiger partial charge in [0.2, 0.25) is 0 Å². The Hall–Kier alpha value is -0.710. The van der Waals surface area contributed by atoms with Crippen LogP contribution >= 0.6 is 12.6 Å². The standard InChI is InChI=1S/C12H18O3S/c1-13-12-4-2-3-11(9-12)10-15-6-5-14-7-8-16/h2-4,9,16H,5-8,10H2,1H3. The van der Waals surface area contributed by atoms with E-state index < -0.39 is 0 Å². The van der Waals surface area contributed by atoms with Gasteiger partial charge in [-0.05, 0) is 17.7 Å². The zero-order valence-corrected chi connectivity index (χ0v) is 10.4. The van der Waals surface area contributed by atoms with Gasteiger partial charge in [0.05, 0.1) is 33.5 Å². The maximum Gasteiger partial charge on any atom is 0.119 e. The molecule has 0 saturated carbocycles. The van der Waals surface area contributed by atoms with Crippen molar-refractivity contribution < 1.29 is 14.2 Å². The van der Waals surface area contributed by atoms with Crippen molar-refractivity contribution in [3.63, 3.8) is 0 Å². The molecule has 0 fully saturated rings. The van der Waals surface area contributed by atoms with Crippen molar-refractivity contribution in [1.82, 2.24) is 0 Å². The monoisotopic (exact) mass is 242 g/mol. The first kappa shape index (κ1) is 13.4. The second kappa shape index (κ2) is 8.44. The quantitative estimate of drug-likeness (QED) is 0.559. The van der Waals surface area contributed by atoms with Gasteiger partial charge in [0.1, 0.15) is 5.75 Å². The number of ether oxygens (including phenoxy) is 3. The Balaban J connectivity index is 2.16. The Morgan fingerprint density at radius 2 is 1.94 bits per heavy atom. The third kappa shape index (κ3) is 5.39. The molecule has 0 unspecified atom stereocenters. The molecule has 1 aromatic rings. The van der Waals surface area contributed by atoms with E-state index in [1.165, 1.54) is 0 Å². The Morgan fingerprint density at radius 1 is 1.12 bits per heavy atom. The normalized spacial score (nSPS) is 10.4. The highest BCUT2D eigenvalue weighted by Gasteiger charge is 1.96. The number of hydrogen-bond donors (Lipinski definition) is 1. The lowest BCUT2D eigenvalue weighted by molar-refractivity contribution is 0.0462. The van der Waals surface area contributed by atoms with Crippen LogP contribution in [-0.4, -0.2) is 32.7 Å². The third-order valence-corrected chi connectivity index (χ3v) is 2.19. The SMILES string of the molecule is COc1cccc(COCCOCCS)c1. The maximum absolute atomic E-state index is 5.46. The van der Waals surface area contributed by atoms with E-state index in [1.807, 2.05) is 24.3 Å². The molecule has 0 radical (unpaired) electrons. The van der Waals surface area contributed by atoms with Crippen molar-refractivity contribution in [3.8, 4) is 5.75 Å². The molecule has 16 heavy (non-hydrogen) atoms. The summed E-state index contributed by atoms with van der Waals surface area (Å²) in [6.07, 6.45) is 0. The summed E-state index contributed by atoms with van der Waals surface area (Å²) >= 11 is 4.05. The van der Waals surface area contributed by atoms with Gasteiger partial charge in [0.25, 0.3) is 0 Å². The lowest BCUT2D eigenvalue weighted by atomic mass is 10.2. The highest BCUT2D eigenvalue weighted by atomic mass is 32.1. The zero-order chi connectivity index (χ0) is 11.6. The highest BCUT2D eigenvalue weighted by Crippen LogP contribution is 2.12. The zero-order valence-electron chi connectivity index (χ0n) is 9.52. The fourth-order valence-electron chi connectivity index (χ4n) is 1.24. The molecule has 0 aromatic heterocycles. The molecule has 90 valence electrons. The molecule has 0 aliphatic rings. The molecule has 0 amide bonds. The van der Waals surface area contributed by atoms with Crippen LogP contribution in [0.5, 0.6) is 5.75 Å². The van der Waals surface area contributed by atoms with Crippen LogP contribution in [0.2, 0.25) is 0 Å². The molecule has 4 heteroatoms. The number of methoxy groups -OCH3 is 1. The highest BCUT2D eigenvalue weighted by molar-refractivity contribution is 7.80. The van der Waals surface area contributed by atoms with Crippen LogP contribution in [-0.2, 0) is 16.1 Å². The van der Waals surface area contributed by atoms with Crippen LogP contribution in [0, 0.1) is 0 Å². The summed E-state index contributed by atoms with van der Waals surface area (Å²) in [5, 5.41) is 0. The minimum Gasteiger partial charge on any atom is -0.497 e. The molecule has 0 aliphatic heterocycles. The number of rotatable bonds is 8. The van der Waals surface area contributed by atoms with Crippen LogP contribution in [0.4, 0.5) is 0 Å². The van der Waals surface area contributed by atoms with Gasteiger partial charge in [-0.2, -0.15) is 12.6 Å². The fourth-order valence-corrected chi connectivity index (χ4v) is 1.37. The van der Waals surface area contributed by atoms with Gasteiger partial charge in [-0.3, -0.25) is 0 Å². The minimum atomic E-state index is 0.585. The molecule has 0 heterocycles. The smallest absolute Gasteiger partial charge is 0.119 e. The summed E-state index contributed by atoms with van der Waals surface area (Å²) in [7, 11) is 1.66. The lowest BCUT2D eigenvalue weighted by Crippen LogP contribution is -2.05. The molecule has 1 rings (SSSR count). The van der Waals surface area contributed by atoms with Crippen molar-refractivity contribution in [1.29, 1.82) is 0 Å². The van der Waals surface area contributed by atoms with E-state index in [0.29, 0.717) is 26.4 Å². The van der Waals surface area contributed by atoms with Gasteiger partial charge in [-0.25, -0.2) is 0 Å². The van der Waals surface area contributed by atoms with E-state index in [9.17, 15) is 0 Å². The summed E-state index contributed by atoms with van der Waals surface area (Å²) in [6.45, 7) is 2.47. The fraction of sp³-hybridized carbons (Fsp3) is 0.500. The van der Waals surface area contributed by atoms with Crippen LogP contribution < -0.4 is 4.74 Å². The van der Waals surface area contributed by atoms with Crippen LogP contribution in [0.3, 0.4) is 0 Å². The molecule has 0 aliphatic carbocycles. The van der Waals surface area contributed by atoms with E-state index in [2.05, 4.69) is 12.6 Å². The number of hydrogen-bond acceptors (Lipinski definition) is 4. The summed E-state index contributed by atoms with van der Waals surface area (Å²) in [4.78, 5) is 0. The molecule has 0 atom stereocenters. The molecule has 3 nitrogen and oxygen atoms in total. The van der Waals surface area contributed by atoms with Gasteiger partial charge >= 0.3 is 0 Å². The second-order valence-corrected chi connectivity index (χ2v) is 3.69. The second-order valence-electron chi connectivity index (χ2n) is 3.24. The predicted molar refractivity (Wildman–Crippen MR) is 67.3 cm³/mol. The Labute approximate surface area is 102 Å².